The summed E-state index contributed by atoms with van der Waals surface area (Å²) in [7, 11) is 2.26. The molecule has 4 heteroatoms. The van der Waals surface area contributed by atoms with Gasteiger partial charge in [0, 0.05) is 57.1 Å². The first kappa shape index (κ1) is 20.6. The fourth-order valence-electron chi connectivity index (χ4n) is 4.15. The molecule has 0 aromatic heterocycles. The summed E-state index contributed by atoms with van der Waals surface area (Å²) in [6.07, 6.45) is 5.29. The molecule has 0 atom stereocenters. The molecular formula is C23H39N3O. The second-order valence-corrected chi connectivity index (χ2v) is 8.67. The van der Waals surface area contributed by atoms with Crippen molar-refractivity contribution in [3.63, 3.8) is 0 Å². The van der Waals surface area contributed by atoms with Crippen molar-refractivity contribution in [1.29, 1.82) is 0 Å². The average molecular weight is 374 g/mol. The molecule has 1 aromatic rings. The second kappa shape index (κ2) is 9.90. The van der Waals surface area contributed by atoms with Crippen LogP contribution < -0.4 is 4.90 Å². The van der Waals surface area contributed by atoms with Gasteiger partial charge < -0.3 is 9.64 Å². The van der Waals surface area contributed by atoms with Gasteiger partial charge >= 0.3 is 0 Å². The van der Waals surface area contributed by atoms with Gasteiger partial charge in [0.1, 0.15) is 0 Å². The van der Waals surface area contributed by atoms with Crippen LogP contribution in [-0.4, -0.2) is 67.8 Å². The zero-order valence-electron chi connectivity index (χ0n) is 17.9. The monoisotopic (exact) mass is 373 g/mol. The van der Waals surface area contributed by atoms with E-state index in [0.29, 0.717) is 18.2 Å². The lowest BCUT2D eigenvalue weighted by atomic mass is 9.88. The zero-order chi connectivity index (χ0) is 19.2. The molecule has 152 valence electrons. The van der Waals surface area contributed by atoms with Crippen LogP contribution in [0.1, 0.15) is 52.0 Å². The van der Waals surface area contributed by atoms with Gasteiger partial charge in [-0.05, 0) is 57.9 Å². The Bertz CT molecular complexity index is 545. The average Bonchev–Trinajstić information content (AvgIpc) is 2.64. The summed E-state index contributed by atoms with van der Waals surface area (Å²) >= 11 is 0. The Morgan fingerprint density at radius 2 is 1.74 bits per heavy atom. The first-order valence-corrected chi connectivity index (χ1v) is 11.0. The fraction of sp³-hybridized carbons (Fsp3) is 0.739. The molecule has 0 amide bonds. The van der Waals surface area contributed by atoms with Crippen LogP contribution in [0, 0.1) is 0 Å². The first-order chi connectivity index (χ1) is 13.1. The molecule has 0 unspecified atom stereocenters. The number of unbranched alkanes of at least 4 members (excludes halogenated alkanes) is 1. The van der Waals surface area contributed by atoms with E-state index in [4.69, 9.17) is 4.74 Å². The van der Waals surface area contributed by atoms with E-state index in [-0.39, 0.29) is 0 Å². The molecule has 1 saturated heterocycles. The summed E-state index contributed by atoms with van der Waals surface area (Å²) in [6, 6.07) is 10.6. The maximum atomic E-state index is 5.92. The third-order valence-corrected chi connectivity index (χ3v) is 6.32. The molecule has 2 aliphatic rings. The lowest BCUT2D eigenvalue weighted by molar-refractivity contribution is -0.0476. The minimum absolute atomic E-state index is 0.496. The van der Waals surface area contributed by atoms with E-state index in [9.17, 15) is 0 Å². The number of rotatable bonds is 9. The van der Waals surface area contributed by atoms with Gasteiger partial charge in [-0.25, -0.2) is 0 Å². The van der Waals surface area contributed by atoms with Crippen LogP contribution in [0.5, 0.6) is 0 Å². The largest absolute Gasteiger partial charge is 0.378 e. The Labute approximate surface area is 166 Å². The molecule has 0 radical (unpaired) electrons. The molecule has 0 bridgehead atoms. The number of nitrogens with zero attached hydrogens (tertiary/aromatic N) is 3. The summed E-state index contributed by atoms with van der Waals surface area (Å²) in [5.74, 6) is 0. The van der Waals surface area contributed by atoms with Crippen LogP contribution in [0.4, 0.5) is 5.69 Å². The maximum Gasteiger partial charge on any atom is 0.0605 e. The van der Waals surface area contributed by atoms with Gasteiger partial charge in [-0.1, -0.05) is 25.5 Å². The van der Waals surface area contributed by atoms with E-state index < -0.39 is 0 Å². The Kier molecular flexibility index (Phi) is 7.57. The molecule has 1 aromatic carbocycles. The molecule has 27 heavy (non-hydrogen) atoms. The zero-order valence-corrected chi connectivity index (χ0v) is 17.9. The van der Waals surface area contributed by atoms with E-state index in [1.54, 1.807) is 0 Å². The summed E-state index contributed by atoms with van der Waals surface area (Å²) in [6.45, 7) is 13.4. The normalized spacial score (nSPS) is 23.9. The second-order valence-electron chi connectivity index (χ2n) is 8.67. The first-order valence-electron chi connectivity index (χ1n) is 11.0. The molecule has 4 nitrogen and oxygen atoms in total. The van der Waals surface area contributed by atoms with Gasteiger partial charge in [0.2, 0.25) is 0 Å². The predicted octanol–water partition coefficient (Wildman–Crippen LogP) is 4.00. The SMILES string of the molecule is CCCCO[C@H]1C[C@H](N(C)Cc2ccc(N3CCN(C(C)C)CC3)cc2)C1. The van der Waals surface area contributed by atoms with Crippen molar-refractivity contribution in [3.05, 3.63) is 29.8 Å². The third kappa shape index (κ3) is 5.69. The minimum Gasteiger partial charge on any atom is -0.378 e. The number of piperazine rings is 1. The van der Waals surface area contributed by atoms with Gasteiger partial charge in [0.05, 0.1) is 6.10 Å². The summed E-state index contributed by atoms with van der Waals surface area (Å²) in [5.41, 5.74) is 2.79. The molecule has 1 saturated carbocycles. The van der Waals surface area contributed by atoms with Crippen molar-refractivity contribution in [1.82, 2.24) is 9.80 Å². The highest BCUT2D eigenvalue weighted by Gasteiger charge is 2.32. The standard InChI is InChI=1S/C23H39N3O/c1-5-6-15-27-23-16-22(17-23)24(4)18-20-7-9-21(10-8-20)26-13-11-25(12-14-26)19(2)3/h7-10,19,22-23H,5-6,11-18H2,1-4H3/t22-,23-. The van der Waals surface area contributed by atoms with E-state index in [1.807, 2.05) is 0 Å². The van der Waals surface area contributed by atoms with Crippen molar-refractivity contribution in [2.45, 2.75) is 71.2 Å². The van der Waals surface area contributed by atoms with Crippen molar-refractivity contribution in [2.75, 3.05) is 44.7 Å². The summed E-state index contributed by atoms with van der Waals surface area (Å²) in [4.78, 5) is 7.59. The lowest BCUT2D eigenvalue weighted by Crippen LogP contribution is -2.48. The molecule has 2 fully saturated rings. The van der Waals surface area contributed by atoms with E-state index in [2.05, 4.69) is 66.8 Å². The van der Waals surface area contributed by atoms with Crippen LogP contribution in [-0.2, 0) is 11.3 Å². The lowest BCUT2D eigenvalue weighted by Gasteiger charge is -2.41. The Morgan fingerprint density at radius 3 is 2.33 bits per heavy atom. The third-order valence-electron chi connectivity index (χ3n) is 6.32. The molecule has 0 spiro atoms. The van der Waals surface area contributed by atoms with Crippen LogP contribution in [0.2, 0.25) is 0 Å². The molecule has 3 rings (SSSR count). The van der Waals surface area contributed by atoms with Crippen molar-refractivity contribution < 1.29 is 4.74 Å². The Hall–Kier alpha value is -1.10. The highest BCUT2D eigenvalue weighted by atomic mass is 16.5. The number of ether oxygens (including phenoxy) is 1. The van der Waals surface area contributed by atoms with Gasteiger partial charge in [-0.3, -0.25) is 9.80 Å². The number of hydrogen-bond acceptors (Lipinski definition) is 4. The van der Waals surface area contributed by atoms with E-state index in [1.165, 1.54) is 50.0 Å². The van der Waals surface area contributed by atoms with Gasteiger partial charge in [-0.2, -0.15) is 0 Å². The predicted molar refractivity (Wildman–Crippen MR) is 115 cm³/mol. The summed E-state index contributed by atoms with van der Waals surface area (Å²) in [5, 5.41) is 0. The smallest absolute Gasteiger partial charge is 0.0605 e. The van der Waals surface area contributed by atoms with Crippen LogP contribution >= 0.6 is 0 Å². The van der Waals surface area contributed by atoms with E-state index >= 15 is 0 Å². The Morgan fingerprint density at radius 1 is 1.07 bits per heavy atom. The highest BCUT2D eigenvalue weighted by molar-refractivity contribution is 5.48. The Balaban J connectivity index is 1.41. The molecule has 1 aliphatic carbocycles. The van der Waals surface area contributed by atoms with Crippen molar-refractivity contribution in [2.24, 2.45) is 0 Å². The van der Waals surface area contributed by atoms with Crippen molar-refractivity contribution >= 4 is 5.69 Å². The van der Waals surface area contributed by atoms with Crippen LogP contribution in [0.15, 0.2) is 24.3 Å². The van der Waals surface area contributed by atoms with Crippen molar-refractivity contribution in [3.8, 4) is 0 Å². The molecule has 1 heterocycles. The van der Waals surface area contributed by atoms with Gasteiger partial charge in [-0.15, -0.1) is 0 Å². The maximum absolute atomic E-state index is 5.92. The molecule has 0 N–H and O–H groups in total. The topological polar surface area (TPSA) is 19.0 Å². The minimum atomic E-state index is 0.496. The quantitative estimate of drug-likeness (QED) is 0.609. The number of benzene rings is 1. The van der Waals surface area contributed by atoms with Crippen LogP contribution in [0.25, 0.3) is 0 Å². The highest BCUT2D eigenvalue weighted by Crippen LogP contribution is 2.29. The van der Waals surface area contributed by atoms with E-state index in [0.717, 1.165) is 26.2 Å². The number of anilines is 1. The van der Waals surface area contributed by atoms with Gasteiger partial charge in [0.25, 0.3) is 0 Å². The van der Waals surface area contributed by atoms with Gasteiger partial charge in [0.15, 0.2) is 0 Å². The summed E-state index contributed by atoms with van der Waals surface area (Å²) < 4.78 is 5.92. The molecular weight excluding hydrogens is 334 g/mol. The number of hydrogen-bond donors (Lipinski definition) is 0. The van der Waals surface area contributed by atoms with Crippen LogP contribution in [0.3, 0.4) is 0 Å². The molecule has 1 aliphatic heterocycles. The fourth-order valence-corrected chi connectivity index (χ4v) is 4.15.